The Morgan fingerprint density at radius 3 is 1.55 bits per heavy atom. The zero-order valence-electron chi connectivity index (χ0n) is 11.6. The molecule has 0 saturated heterocycles. The molecule has 2 aromatic carbocycles. The Morgan fingerprint density at radius 1 is 0.727 bits per heavy atom. The molecule has 6 heteroatoms. The minimum Gasteiger partial charge on any atom is -0.492 e. The molecule has 0 aliphatic carbocycles. The first-order valence-electron chi connectivity index (χ1n) is 6.72. The standard InChI is InChI=1S/C16H14Cl2I2O2/c17-11-3-5-13(19)15(9-11)21-7-1-2-8-22-16-10-12(18)4-6-14(16)20/h3-6,9-10H,1-2,7-8H2. The summed E-state index contributed by atoms with van der Waals surface area (Å²) in [5.74, 6) is 1.66. The number of hydrogen-bond acceptors (Lipinski definition) is 2. The van der Waals surface area contributed by atoms with Crippen LogP contribution in [0.4, 0.5) is 0 Å². The van der Waals surface area contributed by atoms with Crippen molar-refractivity contribution in [3.63, 3.8) is 0 Å². The molecule has 0 N–H and O–H groups in total. The topological polar surface area (TPSA) is 18.5 Å². The molecule has 2 nitrogen and oxygen atoms in total. The second-order valence-electron chi connectivity index (χ2n) is 4.55. The van der Waals surface area contributed by atoms with Crippen LogP contribution >= 0.6 is 68.4 Å². The van der Waals surface area contributed by atoms with E-state index in [-0.39, 0.29) is 0 Å². The first kappa shape index (κ1) is 18.4. The molecular weight excluding hydrogens is 549 g/mol. The molecule has 0 fully saturated rings. The Kier molecular flexibility index (Phi) is 7.86. The van der Waals surface area contributed by atoms with Crippen LogP contribution < -0.4 is 9.47 Å². The molecule has 0 heterocycles. The Hall–Kier alpha value is 0.0800. The largest absolute Gasteiger partial charge is 0.492 e. The van der Waals surface area contributed by atoms with Crippen molar-refractivity contribution < 1.29 is 9.47 Å². The summed E-state index contributed by atoms with van der Waals surface area (Å²) in [4.78, 5) is 0. The van der Waals surface area contributed by atoms with Crippen LogP contribution in [0.1, 0.15) is 12.8 Å². The van der Waals surface area contributed by atoms with Gasteiger partial charge in [-0.05, 0) is 94.4 Å². The first-order valence-corrected chi connectivity index (χ1v) is 9.63. The number of benzene rings is 2. The first-order chi connectivity index (χ1) is 10.6. The van der Waals surface area contributed by atoms with Gasteiger partial charge in [0.25, 0.3) is 0 Å². The van der Waals surface area contributed by atoms with Crippen LogP contribution in [0.5, 0.6) is 11.5 Å². The van der Waals surface area contributed by atoms with Gasteiger partial charge in [0.1, 0.15) is 11.5 Å². The van der Waals surface area contributed by atoms with Gasteiger partial charge in [0.2, 0.25) is 0 Å². The van der Waals surface area contributed by atoms with Crippen molar-refractivity contribution in [1.29, 1.82) is 0 Å². The zero-order chi connectivity index (χ0) is 15.9. The van der Waals surface area contributed by atoms with Gasteiger partial charge in [-0.3, -0.25) is 0 Å². The zero-order valence-corrected chi connectivity index (χ0v) is 17.4. The molecule has 0 bridgehead atoms. The maximum absolute atomic E-state index is 5.96. The summed E-state index contributed by atoms with van der Waals surface area (Å²) in [6.07, 6.45) is 1.83. The fraction of sp³-hybridized carbons (Fsp3) is 0.250. The maximum Gasteiger partial charge on any atom is 0.134 e. The lowest BCUT2D eigenvalue weighted by Crippen LogP contribution is -2.04. The number of halogens is 4. The van der Waals surface area contributed by atoms with E-state index in [1.165, 1.54) is 0 Å². The number of unbranched alkanes of at least 4 members (excludes halogenated alkanes) is 1. The number of hydrogen-bond donors (Lipinski definition) is 0. The van der Waals surface area contributed by atoms with Gasteiger partial charge >= 0.3 is 0 Å². The normalized spacial score (nSPS) is 10.5. The molecule has 118 valence electrons. The Labute approximate surface area is 167 Å². The molecule has 0 aliphatic heterocycles. The average Bonchev–Trinajstić information content (AvgIpc) is 2.49. The SMILES string of the molecule is Clc1ccc(I)c(OCCCCOc2cc(Cl)ccc2I)c1. The number of ether oxygens (including phenoxy) is 2. The summed E-state index contributed by atoms with van der Waals surface area (Å²) < 4.78 is 13.6. The number of rotatable bonds is 7. The fourth-order valence-corrected chi connectivity index (χ4v) is 3.05. The van der Waals surface area contributed by atoms with Crippen molar-refractivity contribution >= 4 is 68.4 Å². The van der Waals surface area contributed by atoms with E-state index in [4.69, 9.17) is 32.7 Å². The molecule has 2 rings (SSSR count). The smallest absolute Gasteiger partial charge is 0.134 e. The third-order valence-corrected chi connectivity index (χ3v) is 5.09. The highest BCUT2D eigenvalue weighted by Gasteiger charge is 2.03. The molecule has 0 saturated carbocycles. The van der Waals surface area contributed by atoms with Crippen LogP contribution in [0.3, 0.4) is 0 Å². The molecule has 0 aromatic heterocycles. The molecule has 0 spiro atoms. The van der Waals surface area contributed by atoms with Crippen molar-refractivity contribution in [3.8, 4) is 11.5 Å². The van der Waals surface area contributed by atoms with Gasteiger partial charge in [0, 0.05) is 10.0 Å². The van der Waals surface area contributed by atoms with E-state index in [1.54, 1.807) is 0 Å². The second-order valence-corrected chi connectivity index (χ2v) is 7.75. The van der Waals surface area contributed by atoms with E-state index in [0.29, 0.717) is 23.3 Å². The van der Waals surface area contributed by atoms with Crippen molar-refractivity contribution in [2.45, 2.75) is 12.8 Å². The van der Waals surface area contributed by atoms with Crippen molar-refractivity contribution in [2.75, 3.05) is 13.2 Å². The summed E-state index contributed by atoms with van der Waals surface area (Å²) in [7, 11) is 0. The van der Waals surface area contributed by atoms with Gasteiger partial charge in [0.05, 0.1) is 20.4 Å². The maximum atomic E-state index is 5.96. The van der Waals surface area contributed by atoms with Gasteiger partial charge in [-0.2, -0.15) is 0 Å². The molecule has 0 unspecified atom stereocenters. The molecule has 0 aliphatic rings. The monoisotopic (exact) mass is 562 g/mol. The summed E-state index contributed by atoms with van der Waals surface area (Å²) in [5.41, 5.74) is 0. The van der Waals surface area contributed by atoms with Crippen LogP contribution in [0, 0.1) is 7.14 Å². The van der Waals surface area contributed by atoms with Gasteiger partial charge in [-0.1, -0.05) is 23.2 Å². The molecule has 0 atom stereocenters. The second kappa shape index (κ2) is 9.39. The van der Waals surface area contributed by atoms with Crippen LogP contribution in [-0.4, -0.2) is 13.2 Å². The lowest BCUT2D eigenvalue weighted by molar-refractivity contribution is 0.264. The van der Waals surface area contributed by atoms with E-state index in [2.05, 4.69) is 45.2 Å². The predicted molar refractivity (Wildman–Crippen MR) is 109 cm³/mol. The Bertz CT molecular complexity index is 580. The third-order valence-electron chi connectivity index (χ3n) is 2.84. The van der Waals surface area contributed by atoms with Gasteiger partial charge in [0.15, 0.2) is 0 Å². The highest BCUT2D eigenvalue weighted by Crippen LogP contribution is 2.26. The molecule has 2 aromatic rings. The van der Waals surface area contributed by atoms with Crippen LogP contribution in [0.25, 0.3) is 0 Å². The highest BCUT2D eigenvalue weighted by molar-refractivity contribution is 14.1. The van der Waals surface area contributed by atoms with Crippen molar-refractivity contribution in [2.24, 2.45) is 0 Å². The summed E-state index contributed by atoms with van der Waals surface area (Å²) in [6, 6.07) is 11.3. The van der Waals surface area contributed by atoms with Crippen LogP contribution in [-0.2, 0) is 0 Å². The fourth-order valence-electron chi connectivity index (χ4n) is 1.74. The van der Waals surface area contributed by atoms with Crippen LogP contribution in [0.2, 0.25) is 10.0 Å². The predicted octanol–water partition coefficient (Wildman–Crippen LogP) is 6.44. The van der Waals surface area contributed by atoms with Gasteiger partial charge < -0.3 is 9.47 Å². The minimum absolute atomic E-state index is 0.645. The highest BCUT2D eigenvalue weighted by atomic mass is 127. The molecule has 0 amide bonds. The van der Waals surface area contributed by atoms with Crippen molar-refractivity contribution in [3.05, 3.63) is 53.6 Å². The Balaban J connectivity index is 1.69. The van der Waals surface area contributed by atoms with Crippen LogP contribution in [0.15, 0.2) is 36.4 Å². The van der Waals surface area contributed by atoms with E-state index in [0.717, 1.165) is 31.5 Å². The van der Waals surface area contributed by atoms with Crippen molar-refractivity contribution in [1.82, 2.24) is 0 Å². The summed E-state index contributed by atoms with van der Waals surface area (Å²) in [6.45, 7) is 1.29. The lowest BCUT2D eigenvalue weighted by Gasteiger charge is -2.10. The Morgan fingerprint density at radius 2 is 1.14 bits per heavy atom. The minimum atomic E-state index is 0.645. The quantitative estimate of drug-likeness (QED) is 0.286. The summed E-state index contributed by atoms with van der Waals surface area (Å²) >= 11 is 16.4. The third kappa shape index (κ3) is 5.94. The van der Waals surface area contributed by atoms with E-state index >= 15 is 0 Å². The average molecular weight is 563 g/mol. The molecular formula is C16H14Cl2I2O2. The van der Waals surface area contributed by atoms with Gasteiger partial charge in [-0.15, -0.1) is 0 Å². The van der Waals surface area contributed by atoms with Gasteiger partial charge in [-0.25, -0.2) is 0 Å². The molecule has 22 heavy (non-hydrogen) atoms. The lowest BCUT2D eigenvalue weighted by atomic mass is 10.3. The van der Waals surface area contributed by atoms with E-state index < -0.39 is 0 Å². The van der Waals surface area contributed by atoms with E-state index in [9.17, 15) is 0 Å². The molecule has 0 radical (unpaired) electrons. The summed E-state index contributed by atoms with van der Waals surface area (Å²) in [5, 5.41) is 1.38. The van der Waals surface area contributed by atoms with E-state index in [1.807, 2.05) is 36.4 Å².